The van der Waals surface area contributed by atoms with E-state index in [9.17, 15) is 9.59 Å². The molecule has 0 heterocycles. The molecule has 0 bridgehead atoms. The van der Waals surface area contributed by atoms with Crippen LogP contribution >= 0.6 is 15.9 Å². The predicted octanol–water partition coefficient (Wildman–Crippen LogP) is 4.51. The first-order valence-corrected chi connectivity index (χ1v) is 9.43. The summed E-state index contributed by atoms with van der Waals surface area (Å²) in [5.74, 6) is -0.0348. The summed E-state index contributed by atoms with van der Waals surface area (Å²) in [6.07, 6.45) is -0.963. The molecule has 2 N–H and O–H groups in total. The summed E-state index contributed by atoms with van der Waals surface area (Å²) in [7, 11) is 1.55. The Bertz CT molecular complexity index is 959. The van der Waals surface area contributed by atoms with Crippen molar-refractivity contribution in [1.29, 1.82) is 0 Å². The second-order valence-corrected chi connectivity index (χ2v) is 6.90. The molecular weight excluding hydrogens is 420 g/mol. The topological polar surface area (TPSA) is 67.4 Å². The fourth-order valence-electron chi connectivity index (χ4n) is 2.67. The van der Waals surface area contributed by atoms with Gasteiger partial charge in [0.15, 0.2) is 6.17 Å². The fraction of sp³-hybridized carbons (Fsp3) is 0.0909. The zero-order valence-electron chi connectivity index (χ0n) is 15.2. The highest BCUT2D eigenvalue weighted by Crippen LogP contribution is 2.24. The van der Waals surface area contributed by atoms with Crippen LogP contribution < -0.4 is 15.4 Å². The standard InChI is InChI=1S/C22H19BrN2O3/c1-28-19-10-6-5-9-18(19)24-21(20(26)15-7-3-2-4-8-15)25-22(27)16-11-13-17(23)14-12-16/h2-14,21,24H,1H3,(H,25,27). The van der Waals surface area contributed by atoms with Crippen molar-refractivity contribution in [2.45, 2.75) is 6.17 Å². The number of benzene rings is 3. The molecule has 0 aliphatic heterocycles. The summed E-state index contributed by atoms with van der Waals surface area (Å²) in [6.45, 7) is 0. The Labute approximate surface area is 171 Å². The van der Waals surface area contributed by atoms with Gasteiger partial charge in [0.25, 0.3) is 5.91 Å². The molecule has 0 spiro atoms. The molecule has 3 aromatic carbocycles. The van der Waals surface area contributed by atoms with Gasteiger partial charge in [-0.1, -0.05) is 58.4 Å². The van der Waals surface area contributed by atoms with Crippen LogP contribution in [0.15, 0.2) is 83.3 Å². The Morgan fingerprint density at radius 2 is 1.50 bits per heavy atom. The molecule has 3 rings (SSSR count). The van der Waals surface area contributed by atoms with Crippen molar-refractivity contribution in [3.05, 3.63) is 94.5 Å². The molecule has 0 radical (unpaired) electrons. The van der Waals surface area contributed by atoms with E-state index >= 15 is 0 Å². The number of hydrogen-bond donors (Lipinski definition) is 2. The van der Waals surface area contributed by atoms with Crippen molar-refractivity contribution in [2.24, 2.45) is 0 Å². The molecular formula is C22H19BrN2O3. The summed E-state index contributed by atoms with van der Waals surface area (Å²) in [6, 6.07) is 23.0. The lowest BCUT2D eigenvalue weighted by molar-refractivity contribution is 0.0869. The lowest BCUT2D eigenvalue weighted by Crippen LogP contribution is -2.46. The SMILES string of the molecule is COc1ccccc1NC(NC(=O)c1ccc(Br)cc1)C(=O)c1ccccc1. The molecule has 0 aliphatic carbocycles. The molecule has 0 aliphatic rings. The van der Waals surface area contributed by atoms with Gasteiger partial charge in [0.05, 0.1) is 12.8 Å². The molecule has 6 heteroatoms. The maximum absolute atomic E-state index is 13.0. The Kier molecular flexibility index (Phi) is 6.45. The Balaban J connectivity index is 1.88. The number of ether oxygens (including phenoxy) is 1. The van der Waals surface area contributed by atoms with E-state index in [-0.39, 0.29) is 11.7 Å². The second kappa shape index (κ2) is 9.19. The van der Waals surface area contributed by atoms with Gasteiger partial charge in [0, 0.05) is 15.6 Å². The van der Waals surface area contributed by atoms with Crippen molar-refractivity contribution in [2.75, 3.05) is 12.4 Å². The molecule has 5 nitrogen and oxygen atoms in total. The van der Waals surface area contributed by atoms with Gasteiger partial charge in [-0.2, -0.15) is 0 Å². The average Bonchev–Trinajstić information content (AvgIpc) is 2.74. The van der Waals surface area contributed by atoms with Crippen LogP contribution in [-0.2, 0) is 0 Å². The van der Waals surface area contributed by atoms with Crippen LogP contribution in [0.2, 0.25) is 0 Å². The van der Waals surface area contributed by atoms with E-state index in [0.29, 0.717) is 22.6 Å². The molecule has 0 aromatic heterocycles. The van der Waals surface area contributed by atoms with Crippen molar-refractivity contribution >= 4 is 33.3 Å². The van der Waals surface area contributed by atoms with E-state index in [1.54, 1.807) is 67.8 Å². The largest absolute Gasteiger partial charge is 0.495 e. The van der Waals surface area contributed by atoms with Gasteiger partial charge >= 0.3 is 0 Å². The lowest BCUT2D eigenvalue weighted by Gasteiger charge is -2.21. The van der Waals surface area contributed by atoms with E-state index in [0.717, 1.165) is 4.47 Å². The van der Waals surface area contributed by atoms with Crippen molar-refractivity contribution < 1.29 is 14.3 Å². The highest BCUT2D eigenvalue weighted by atomic mass is 79.9. The van der Waals surface area contributed by atoms with Gasteiger partial charge in [0.2, 0.25) is 5.78 Å². The van der Waals surface area contributed by atoms with E-state index in [2.05, 4.69) is 26.6 Å². The summed E-state index contributed by atoms with van der Waals surface area (Å²) < 4.78 is 6.21. The lowest BCUT2D eigenvalue weighted by atomic mass is 10.1. The third-order valence-electron chi connectivity index (χ3n) is 4.11. The minimum atomic E-state index is -0.963. The smallest absolute Gasteiger partial charge is 0.253 e. The zero-order valence-corrected chi connectivity index (χ0v) is 16.8. The molecule has 0 saturated carbocycles. The van der Waals surface area contributed by atoms with E-state index < -0.39 is 6.17 Å². The van der Waals surface area contributed by atoms with Crippen LogP contribution in [0.3, 0.4) is 0 Å². The van der Waals surface area contributed by atoms with Crippen molar-refractivity contribution in [3.8, 4) is 5.75 Å². The Morgan fingerprint density at radius 1 is 0.857 bits per heavy atom. The number of anilines is 1. The molecule has 0 saturated heterocycles. The molecule has 1 atom stereocenters. The quantitative estimate of drug-likeness (QED) is 0.420. The minimum absolute atomic E-state index is 0.253. The monoisotopic (exact) mass is 438 g/mol. The maximum Gasteiger partial charge on any atom is 0.253 e. The van der Waals surface area contributed by atoms with Crippen molar-refractivity contribution in [3.63, 3.8) is 0 Å². The zero-order chi connectivity index (χ0) is 19.9. The normalized spacial score (nSPS) is 11.4. The number of nitrogens with one attached hydrogen (secondary N) is 2. The summed E-state index contributed by atoms with van der Waals surface area (Å²) in [5.41, 5.74) is 1.55. The molecule has 3 aromatic rings. The number of Topliss-reactive ketones (excluding diaryl/α,β-unsaturated/α-hetero) is 1. The highest BCUT2D eigenvalue weighted by molar-refractivity contribution is 9.10. The number of ketones is 1. The summed E-state index contributed by atoms with van der Waals surface area (Å²) in [5, 5.41) is 5.87. The van der Waals surface area contributed by atoms with E-state index in [4.69, 9.17) is 4.74 Å². The second-order valence-electron chi connectivity index (χ2n) is 5.99. The fourth-order valence-corrected chi connectivity index (χ4v) is 2.94. The first-order valence-electron chi connectivity index (χ1n) is 8.64. The highest BCUT2D eigenvalue weighted by Gasteiger charge is 2.23. The van der Waals surface area contributed by atoms with Gasteiger partial charge in [-0.3, -0.25) is 9.59 Å². The number of para-hydroxylation sites is 2. The van der Waals surface area contributed by atoms with Gasteiger partial charge < -0.3 is 15.4 Å². The van der Waals surface area contributed by atoms with Crippen LogP contribution in [0.1, 0.15) is 20.7 Å². The Hall–Kier alpha value is -3.12. The molecule has 28 heavy (non-hydrogen) atoms. The maximum atomic E-state index is 13.0. The van der Waals surface area contributed by atoms with Gasteiger partial charge in [-0.05, 0) is 36.4 Å². The van der Waals surface area contributed by atoms with Crippen LogP contribution in [0.5, 0.6) is 5.75 Å². The number of carbonyl (C=O) groups excluding carboxylic acids is 2. The number of methoxy groups -OCH3 is 1. The third kappa shape index (κ3) is 4.78. The minimum Gasteiger partial charge on any atom is -0.495 e. The molecule has 1 amide bonds. The van der Waals surface area contributed by atoms with Crippen LogP contribution in [0, 0.1) is 0 Å². The summed E-state index contributed by atoms with van der Waals surface area (Å²) in [4.78, 5) is 25.7. The van der Waals surface area contributed by atoms with Crippen LogP contribution in [0.25, 0.3) is 0 Å². The molecule has 142 valence electrons. The first kappa shape index (κ1) is 19.6. The van der Waals surface area contributed by atoms with Gasteiger partial charge in [0.1, 0.15) is 5.75 Å². The summed E-state index contributed by atoms with van der Waals surface area (Å²) >= 11 is 3.35. The van der Waals surface area contributed by atoms with Gasteiger partial charge in [-0.15, -0.1) is 0 Å². The van der Waals surface area contributed by atoms with E-state index in [1.165, 1.54) is 0 Å². The third-order valence-corrected chi connectivity index (χ3v) is 4.64. The van der Waals surface area contributed by atoms with Crippen LogP contribution in [0.4, 0.5) is 5.69 Å². The molecule has 1 unspecified atom stereocenters. The molecule has 0 fully saturated rings. The predicted molar refractivity (Wildman–Crippen MR) is 113 cm³/mol. The average molecular weight is 439 g/mol. The van der Waals surface area contributed by atoms with Crippen molar-refractivity contribution in [1.82, 2.24) is 5.32 Å². The van der Waals surface area contributed by atoms with E-state index in [1.807, 2.05) is 18.2 Å². The number of halogens is 1. The van der Waals surface area contributed by atoms with Crippen LogP contribution in [-0.4, -0.2) is 25.0 Å². The van der Waals surface area contributed by atoms with Gasteiger partial charge in [-0.25, -0.2) is 0 Å². The number of amides is 1. The Morgan fingerprint density at radius 3 is 2.18 bits per heavy atom. The number of hydrogen-bond acceptors (Lipinski definition) is 4. The number of rotatable bonds is 7. The first-order chi connectivity index (χ1) is 13.6. The number of carbonyl (C=O) groups is 2.